The zero-order valence-corrected chi connectivity index (χ0v) is 11.5. The van der Waals surface area contributed by atoms with Crippen LogP contribution in [0.25, 0.3) is 0 Å². The molecular weight excluding hydrogens is 182 g/mol. The van der Waals surface area contributed by atoms with Crippen molar-refractivity contribution < 1.29 is 0 Å². The van der Waals surface area contributed by atoms with E-state index in [-0.39, 0.29) is 0 Å². The molecule has 0 bridgehead atoms. The first-order chi connectivity index (χ1) is 6.74. The molecule has 0 spiro atoms. The lowest BCUT2D eigenvalue weighted by Crippen LogP contribution is -2.28. The van der Waals surface area contributed by atoms with Crippen LogP contribution in [0.5, 0.6) is 0 Å². The number of hydrogen-bond acceptors (Lipinski definition) is 1. The maximum absolute atomic E-state index is 3.98. The zero-order chi connectivity index (χ0) is 12.1. The van der Waals surface area contributed by atoms with Crippen molar-refractivity contribution in [1.29, 1.82) is 0 Å². The van der Waals surface area contributed by atoms with Gasteiger partial charge in [0.15, 0.2) is 0 Å². The molecule has 1 N–H and O–H groups in total. The summed E-state index contributed by atoms with van der Waals surface area (Å²) >= 11 is 0. The van der Waals surface area contributed by atoms with E-state index in [1.807, 2.05) is 0 Å². The Labute approximate surface area is 96.3 Å². The quantitative estimate of drug-likeness (QED) is 0.655. The molecule has 0 saturated heterocycles. The predicted molar refractivity (Wildman–Crippen MR) is 70.1 cm³/mol. The van der Waals surface area contributed by atoms with E-state index < -0.39 is 0 Å². The molecule has 0 aliphatic carbocycles. The van der Waals surface area contributed by atoms with Gasteiger partial charge in [-0.25, -0.2) is 0 Å². The van der Waals surface area contributed by atoms with Gasteiger partial charge in [0, 0.05) is 6.04 Å². The summed E-state index contributed by atoms with van der Waals surface area (Å²) in [5.74, 6) is 0.779. The van der Waals surface area contributed by atoms with Gasteiger partial charge >= 0.3 is 0 Å². The Balaban J connectivity index is 4.01. The Kier molecular flexibility index (Phi) is 6.19. The minimum atomic E-state index is 0.445. The third kappa shape index (κ3) is 8.68. The zero-order valence-electron chi connectivity index (χ0n) is 11.5. The SMILES string of the molecule is C=C(C)CC(CC(C)CC(C)(C)C)NC. The molecule has 0 aromatic heterocycles. The lowest BCUT2D eigenvalue weighted by Gasteiger charge is -2.26. The lowest BCUT2D eigenvalue weighted by molar-refractivity contribution is 0.277. The van der Waals surface area contributed by atoms with E-state index in [0.29, 0.717) is 11.5 Å². The Morgan fingerprint density at radius 1 is 1.33 bits per heavy atom. The van der Waals surface area contributed by atoms with E-state index in [1.165, 1.54) is 18.4 Å². The van der Waals surface area contributed by atoms with Crippen LogP contribution in [0, 0.1) is 11.3 Å². The molecule has 0 aliphatic heterocycles. The highest BCUT2D eigenvalue weighted by Gasteiger charge is 2.18. The van der Waals surface area contributed by atoms with E-state index in [9.17, 15) is 0 Å². The van der Waals surface area contributed by atoms with Gasteiger partial charge in [-0.1, -0.05) is 33.3 Å². The van der Waals surface area contributed by atoms with E-state index in [4.69, 9.17) is 0 Å². The fourth-order valence-electron chi connectivity index (χ4n) is 2.34. The Hall–Kier alpha value is -0.300. The minimum absolute atomic E-state index is 0.445. The second-order valence-electron chi connectivity index (χ2n) is 6.25. The van der Waals surface area contributed by atoms with Crippen LogP contribution in [0.3, 0.4) is 0 Å². The monoisotopic (exact) mass is 211 g/mol. The third-order valence-corrected chi connectivity index (χ3v) is 2.65. The van der Waals surface area contributed by atoms with Crippen LogP contribution in [0.1, 0.15) is 53.9 Å². The third-order valence-electron chi connectivity index (χ3n) is 2.65. The first kappa shape index (κ1) is 14.7. The average molecular weight is 211 g/mol. The summed E-state index contributed by atoms with van der Waals surface area (Å²) in [5.41, 5.74) is 1.72. The molecule has 0 radical (unpaired) electrons. The molecule has 1 nitrogen and oxygen atoms in total. The number of rotatable bonds is 6. The predicted octanol–water partition coefficient (Wildman–Crippen LogP) is 4.00. The molecule has 1 heteroatoms. The molecule has 0 amide bonds. The van der Waals surface area contributed by atoms with Crippen LogP contribution >= 0.6 is 0 Å². The molecular formula is C14H29N. The molecule has 2 atom stereocenters. The van der Waals surface area contributed by atoms with Crippen LogP contribution in [0.15, 0.2) is 12.2 Å². The van der Waals surface area contributed by atoms with E-state index >= 15 is 0 Å². The van der Waals surface area contributed by atoms with Crippen molar-refractivity contribution in [3.63, 3.8) is 0 Å². The highest BCUT2D eigenvalue weighted by Crippen LogP contribution is 2.27. The average Bonchev–Trinajstić information content (AvgIpc) is 1.98. The molecule has 0 aromatic carbocycles. The summed E-state index contributed by atoms with van der Waals surface area (Å²) in [6.45, 7) is 15.4. The summed E-state index contributed by atoms with van der Waals surface area (Å²) < 4.78 is 0. The first-order valence-corrected chi connectivity index (χ1v) is 6.06. The molecule has 2 unspecified atom stereocenters. The van der Waals surface area contributed by atoms with Gasteiger partial charge < -0.3 is 5.32 Å². The van der Waals surface area contributed by atoms with Crippen molar-refractivity contribution in [2.24, 2.45) is 11.3 Å². The Morgan fingerprint density at radius 2 is 1.87 bits per heavy atom. The van der Waals surface area contributed by atoms with Crippen molar-refractivity contribution in [2.45, 2.75) is 59.9 Å². The molecule has 0 aromatic rings. The maximum atomic E-state index is 3.98. The molecule has 0 heterocycles. The molecule has 0 saturated carbocycles. The summed E-state index contributed by atoms with van der Waals surface area (Å²) in [6, 6.07) is 0.597. The van der Waals surface area contributed by atoms with E-state index in [2.05, 4.69) is 53.6 Å². The van der Waals surface area contributed by atoms with Crippen LogP contribution in [-0.4, -0.2) is 13.1 Å². The molecule has 0 aliphatic rings. The second kappa shape index (κ2) is 6.32. The normalized spacial score (nSPS) is 16.1. The van der Waals surface area contributed by atoms with Gasteiger partial charge in [-0.15, -0.1) is 6.58 Å². The summed E-state index contributed by atoms with van der Waals surface area (Å²) in [5, 5.41) is 3.39. The molecule has 90 valence electrons. The fourth-order valence-corrected chi connectivity index (χ4v) is 2.34. The van der Waals surface area contributed by atoms with Gasteiger partial charge in [-0.05, 0) is 44.6 Å². The number of nitrogens with one attached hydrogen (secondary N) is 1. The smallest absolute Gasteiger partial charge is 0.0104 e. The molecule has 0 rings (SSSR count). The van der Waals surface area contributed by atoms with Crippen LogP contribution in [0.4, 0.5) is 0 Å². The highest BCUT2D eigenvalue weighted by atomic mass is 14.9. The van der Waals surface area contributed by atoms with Crippen LogP contribution < -0.4 is 5.32 Å². The summed E-state index contributed by atoms with van der Waals surface area (Å²) in [6.07, 6.45) is 3.65. The summed E-state index contributed by atoms with van der Waals surface area (Å²) in [4.78, 5) is 0. The Bertz CT molecular complexity index is 188. The minimum Gasteiger partial charge on any atom is -0.317 e. The Morgan fingerprint density at radius 3 is 2.20 bits per heavy atom. The van der Waals surface area contributed by atoms with Crippen molar-refractivity contribution in [3.8, 4) is 0 Å². The standard InChI is InChI=1S/C14H29N/c1-11(2)8-13(15-7)9-12(3)10-14(4,5)6/h12-13,15H,1,8-10H2,2-7H3. The lowest BCUT2D eigenvalue weighted by atomic mass is 9.82. The van der Waals surface area contributed by atoms with Gasteiger partial charge in [0.25, 0.3) is 0 Å². The van der Waals surface area contributed by atoms with E-state index in [0.717, 1.165) is 12.3 Å². The summed E-state index contributed by atoms with van der Waals surface area (Å²) in [7, 11) is 2.05. The topological polar surface area (TPSA) is 12.0 Å². The van der Waals surface area contributed by atoms with Crippen molar-refractivity contribution in [2.75, 3.05) is 7.05 Å². The van der Waals surface area contributed by atoms with Gasteiger partial charge in [-0.3, -0.25) is 0 Å². The highest BCUT2D eigenvalue weighted by molar-refractivity contribution is 4.93. The number of hydrogen-bond donors (Lipinski definition) is 1. The molecule has 0 fully saturated rings. The van der Waals surface area contributed by atoms with Crippen LogP contribution in [-0.2, 0) is 0 Å². The maximum Gasteiger partial charge on any atom is 0.0104 e. The van der Waals surface area contributed by atoms with Gasteiger partial charge in [0.05, 0.1) is 0 Å². The van der Waals surface area contributed by atoms with Crippen molar-refractivity contribution in [1.82, 2.24) is 5.32 Å². The van der Waals surface area contributed by atoms with Gasteiger partial charge in [0.1, 0.15) is 0 Å². The van der Waals surface area contributed by atoms with Crippen molar-refractivity contribution >= 4 is 0 Å². The first-order valence-electron chi connectivity index (χ1n) is 6.06. The van der Waals surface area contributed by atoms with Gasteiger partial charge in [0.2, 0.25) is 0 Å². The van der Waals surface area contributed by atoms with Crippen LogP contribution in [0.2, 0.25) is 0 Å². The second-order valence-corrected chi connectivity index (χ2v) is 6.25. The van der Waals surface area contributed by atoms with E-state index in [1.54, 1.807) is 0 Å². The fraction of sp³-hybridized carbons (Fsp3) is 0.857. The van der Waals surface area contributed by atoms with Gasteiger partial charge in [-0.2, -0.15) is 0 Å². The largest absolute Gasteiger partial charge is 0.317 e. The molecule has 15 heavy (non-hydrogen) atoms. The van der Waals surface area contributed by atoms with Crippen molar-refractivity contribution in [3.05, 3.63) is 12.2 Å².